The SMILES string of the molecule is O=C1NC[C@@H](c2ccccc2)Cc2[nH]c(Cc3nc(-c4cccnc4)no3)nc21. The number of aromatic amines is 1. The van der Waals surface area contributed by atoms with Crippen LogP contribution in [0.4, 0.5) is 0 Å². The standard InChI is InChI=1S/C21H18N6O2/c28-21-19-16(9-15(12-23-21)13-5-2-1-3-6-13)24-17(25-19)10-18-26-20(27-29-18)14-7-4-8-22-11-14/h1-8,11,15H,9-10,12H2,(H,23,28)(H,24,25)/t15-/m0/s1. The first-order valence-corrected chi connectivity index (χ1v) is 9.40. The monoisotopic (exact) mass is 386 g/mol. The third-order valence-electron chi connectivity index (χ3n) is 4.98. The second-order valence-corrected chi connectivity index (χ2v) is 6.96. The van der Waals surface area contributed by atoms with Gasteiger partial charge in [-0.1, -0.05) is 35.5 Å². The van der Waals surface area contributed by atoms with Gasteiger partial charge in [0.2, 0.25) is 11.7 Å². The van der Waals surface area contributed by atoms with Crippen LogP contribution in [0.5, 0.6) is 0 Å². The molecule has 8 nitrogen and oxygen atoms in total. The van der Waals surface area contributed by atoms with Gasteiger partial charge in [0.15, 0.2) is 0 Å². The number of nitrogens with zero attached hydrogens (tertiary/aromatic N) is 4. The second kappa shape index (κ2) is 7.31. The number of rotatable bonds is 4. The van der Waals surface area contributed by atoms with E-state index in [-0.39, 0.29) is 11.8 Å². The van der Waals surface area contributed by atoms with Crippen LogP contribution in [-0.2, 0) is 12.8 Å². The van der Waals surface area contributed by atoms with Crippen LogP contribution in [0, 0.1) is 0 Å². The fourth-order valence-electron chi connectivity index (χ4n) is 3.54. The molecule has 2 N–H and O–H groups in total. The van der Waals surface area contributed by atoms with Gasteiger partial charge in [0.25, 0.3) is 5.91 Å². The lowest BCUT2D eigenvalue weighted by molar-refractivity contribution is 0.0950. The van der Waals surface area contributed by atoms with Crippen molar-refractivity contribution in [1.82, 2.24) is 30.4 Å². The summed E-state index contributed by atoms with van der Waals surface area (Å²) < 4.78 is 5.35. The quantitative estimate of drug-likeness (QED) is 0.558. The minimum absolute atomic E-state index is 0.164. The lowest BCUT2D eigenvalue weighted by Gasteiger charge is -2.14. The van der Waals surface area contributed by atoms with Crippen molar-refractivity contribution in [3.8, 4) is 11.4 Å². The van der Waals surface area contributed by atoms with Crippen molar-refractivity contribution in [1.29, 1.82) is 0 Å². The molecule has 4 heterocycles. The molecule has 0 spiro atoms. The lowest BCUT2D eigenvalue weighted by Crippen LogP contribution is -2.26. The largest absolute Gasteiger partial charge is 0.350 e. The number of pyridine rings is 1. The number of hydrogen-bond acceptors (Lipinski definition) is 6. The summed E-state index contributed by atoms with van der Waals surface area (Å²) in [7, 11) is 0. The van der Waals surface area contributed by atoms with E-state index in [0.717, 1.165) is 11.3 Å². The average Bonchev–Trinajstić information content (AvgIpc) is 3.36. The van der Waals surface area contributed by atoms with E-state index in [1.54, 1.807) is 12.4 Å². The highest BCUT2D eigenvalue weighted by Crippen LogP contribution is 2.24. The molecule has 4 aromatic rings. The predicted octanol–water partition coefficient (Wildman–Crippen LogP) is 2.52. The lowest BCUT2D eigenvalue weighted by atomic mass is 9.94. The van der Waals surface area contributed by atoms with Gasteiger partial charge in [-0.3, -0.25) is 9.78 Å². The van der Waals surface area contributed by atoms with E-state index in [0.29, 0.717) is 42.6 Å². The van der Waals surface area contributed by atoms with E-state index in [4.69, 9.17) is 4.52 Å². The van der Waals surface area contributed by atoms with Crippen LogP contribution in [0.25, 0.3) is 11.4 Å². The van der Waals surface area contributed by atoms with Crippen LogP contribution in [0.3, 0.4) is 0 Å². The van der Waals surface area contributed by atoms with Crippen molar-refractivity contribution in [2.75, 3.05) is 6.54 Å². The van der Waals surface area contributed by atoms with Gasteiger partial charge in [0, 0.05) is 36.1 Å². The number of carbonyl (C=O) groups is 1. The van der Waals surface area contributed by atoms with E-state index in [2.05, 4.69) is 42.5 Å². The van der Waals surface area contributed by atoms with Crippen LogP contribution < -0.4 is 5.32 Å². The summed E-state index contributed by atoms with van der Waals surface area (Å²) in [4.78, 5) is 28.7. The molecule has 0 fully saturated rings. The molecular formula is C21H18N6O2. The maximum atomic E-state index is 12.5. The van der Waals surface area contributed by atoms with Crippen molar-refractivity contribution >= 4 is 5.91 Å². The highest BCUT2D eigenvalue weighted by Gasteiger charge is 2.26. The number of aromatic nitrogens is 5. The van der Waals surface area contributed by atoms with E-state index in [1.807, 2.05) is 30.3 Å². The number of imidazole rings is 1. The van der Waals surface area contributed by atoms with Crippen LogP contribution in [0.1, 0.15) is 39.4 Å². The van der Waals surface area contributed by atoms with E-state index in [1.165, 1.54) is 5.56 Å². The molecule has 1 aliphatic rings. The molecule has 3 aromatic heterocycles. The fourth-order valence-corrected chi connectivity index (χ4v) is 3.54. The molecular weight excluding hydrogens is 368 g/mol. The smallest absolute Gasteiger partial charge is 0.271 e. The summed E-state index contributed by atoms with van der Waals surface area (Å²) in [5.74, 6) is 1.55. The third-order valence-corrected chi connectivity index (χ3v) is 4.98. The van der Waals surface area contributed by atoms with E-state index >= 15 is 0 Å². The van der Waals surface area contributed by atoms with Crippen molar-refractivity contribution in [3.63, 3.8) is 0 Å². The van der Waals surface area contributed by atoms with Gasteiger partial charge in [-0.2, -0.15) is 4.98 Å². The summed E-state index contributed by atoms with van der Waals surface area (Å²) in [5, 5.41) is 6.97. The second-order valence-electron chi connectivity index (χ2n) is 6.96. The maximum Gasteiger partial charge on any atom is 0.271 e. The molecule has 8 heteroatoms. The molecule has 0 bridgehead atoms. The number of carbonyl (C=O) groups excluding carboxylic acids is 1. The summed E-state index contributed by atoms with van der Waals surface area (Å²) in [6.07, 6.45) is 4.39. The topological polar surface area (TPSA) is 110 Å². The third kappa shape index (κ3) is 3.52. The van der Waals surface area contributed by atoms with Gasteiger partial charge < -0.3 is 14.8 Å². The minimum atomic E-state index is -0.164. The van der Waals surface area contributed by atoms with Crippen LogP contribution in [0.15, 0.2) is 59.4 Å². The first kappa shape index (κ1) is 17.3. The van der Waals surface area contributed by atoms with Crippen LogP contribution >= 0.6 is 0 Å². The first-order chi connectivity index (χ1) is 14.3. The summed E-state index contributed by atoms with van der Waals surface area (Å²) in [6, 6.07) is 13.9. The van der Waals surface area contributed by atoms with Crippen molar-refractivity contribution in [2.24, 2.45) is 0 Å². The number of benzene rings is 1. The Bertz CT molecular complexity index is 1140. The Hall–Kier alpha value is -3.81. The Kier molecular flexibility index (Phi) is 4.36. The molecule has 0 saturated carbocycles. The Balaban J connectivity index is 1.38. The normalized spacial score (nSPS) is 16.1. The molecule has 0 unspecified atom stereocenters. The number of hydrogen-bond donors (Lipinski definition) is 2. The van der Waals surface area contributed by atoms with Gasteiger partial charge in [-0.05, 0) is 24.1 Å². The molecule has 144 valence electrons. The van der Waals surface area contributed by atoms with Gasteiger partial charge >= 0.3 is 0 Å². The number of H-pyrrole nitrogens is 1. The molecule has 1 aromatic carbocycles. The molecule has 1 amide bonds. The molecule has 0 radical (unpaired) electrons. The molecule has 5 rings (SSSR count). The van der Waals surface area contributed by atoms with Crippen molar-refractivity contribution < 1.29 is 9.32 Å². The summed E-state index contributed by atoms with van der Waals surface area (Å²) in [6.45, 7) is 0.584. The Morgan fingerprint density at radius 1 is 1.10 bits per heavy atom. The van der Waals surface area contributed by atoms with Crippen LogP contribution in [0.2, 0.25) is 0 Å². The number of amides is 1. The highest BCUT2D eigenvalue weighted by molar-refractivity contribution is 5.94. The zero-order valence-electron chi connectivity index (χ0n) is 15.5. The molecule has 1 aliphatic heterocycles. The molecule has 29 heavy (non-hydrogen) atoms. The van der Waals surface area contributed by atoms with Crippen LogP contribution in [-0.4, -0.2) is 37.5 Å². The highest BCUT2D eigenvalue weighted by atomic mass is 16.5. The zero-order valence-corrected chi connectivity index (χ0v) is 15.5. The van der Waals surface area contributed by atoms with Gasteiger partial charge in [0.1, 0.15) is 11.5 Å². The maximum absolute atomic E-state index is 12.5. The van der Waals surface area contributed by atoms with Gasteiger partial charge in [0.05, 0.1) is 6.42 Å². The first-order valence-electron chi connectivity index (χ1n) is 9.40. The average molecular weight is 386 g/mol. The van der Waals surface area contributed by atoms with Gasteiger partial charge in [-0.15, -0.1) is 0 Å². The zero-order chi connectivity index (χ0) is 19.6. The van der Waals surface area contributed by atoms with Gasteiger partial charge in [-0.25, -0.2) is 4.98 Å². The molecule has 1 atom stereocenters. The molecule has 0 saturated heterocycles. The number of nitrogens with one attached hydrogen (secondary N) is 2. The van der Waals surface area contributed by atoms with Crippen molar-refractivity contribution in [3.05, 3.63) is 83.5 Å². The molecule has 0 aliphatic carbocycles. The Labute approximate surface area is 166 Å². The minimum Gasteiger partial charge on any atom is -0.350 e. The summed E-state index contributed by atoms with van der Waals surface area (Å²) >= 11 is 0. The predicted molar refractivity (Wildman–Crippen MR) is 104 cm³/mol. The van der Waals surface area contributed by atoms with E-state index in [9.17, 15) is 4.79 Å². The Morgan fingerprint density at radius 3 is 2.83 bits per heavy atom. The van der Waals surface area contributed by atoms with E-state index < -0.39 is 0 Å². The number of fused-ring (bicyclic) bond motifs is 1. The fraction of sp³-hybridized carbons (Fsp3) is 0.190. The summed E-state index contributed by atoms with van der Waals surface area (Å²) in [5.41, 5.74) is 3.24. The van der Waals surface area contributed by atoms with Crippen molar-refractivity contribution in [2.45, 2.75) is 18.8 Å². The Morgan fingerprint density at radius 2 is 2.00 bits per heavy atom.